The second-order valence-electron chi connectivity index (χ2n) is 5.59. The second-order valence-corrected chi connectivity index (χ2v) is 6.65. The summed E-state index contributed by atoms with van der Waals surface area (Å²) in [5.74, 6) is 0.863. The molecule has 1 fully saturated rings. The highest BCUT2D eigenvalue weighted by atomic mass is 32.1. The van der Waals surface area contributed by atoms with Crippen LogP contribution in [0.25, 0.3) is 11.3 Å². The van der Waals surface area contributed by atoms with E-state index >= 15 is 0 Å². The number of anilines is 1. The maximum absolute atomic E-state index is 4.56. The molecule has 19 heavy (non-hydrogen) atoms. The van der Waals surface area contributed by atoms with E-state index in [9.17, 15) is 0 Å². The van der Waals surface area contributed by atoms with Gasteiger partial charge in [0.2, 0.25) is 0 Å². The molecular formula is C16H20N2S. The Kier molecular flexibility index (Phi) is 3.56. The number of aryl methyl sites for hydroxylation is 1. The summed E-state index contributed by atoms with van der Waals surface area (Å²) in [7, 11) is 0. The van der Waals surface area contributed by atoms with E-state index in [4.69, 9.17) is 0 Å². The molecular weight excluding hydrogens is 252 g/mol. The Morgan fingerprint density at radius 3 is 2.89 bits per heavy atom. The monoisotopic (exact) mass is 272 g/mol. The topological polar surface area (TPSA) is 24.9 Å². The van der Waals surface area contributed by atoms with E-state index in [0.717, 1.165) is 16.6 Å². The summed E-state index contributed by atoms with van der Waals surface area (Å²) in [6.07, 6.45) is 3.93. The SMILES string of the molecule is Cc1nc(-c2cccc(NC3CCC(C)C3)c2)cs1. The first-order valence-electron chi connectivity index (χ1n) is 7.00. The van der Waals surface area contributed by atoms with Crippen LogP contribution >= 0.6 is 11.3 Å². The van der Waals surface area contributed by atoms with Crippen LogP contribution < -0.4 is 5.32 Å². The Balaban J connectivity index is 1.76. The molecule has 3 rings (SSSR count). The van der Waals surface area contributed by atoms with Crippen molar-refractivity contribution in [3.05, 3.63) is 34.7 Å². The summed E-state index contributed by atoms with van der Waals surface area (Å²) < 4.78 is 0. The lowest BCUT2D eigenvalue weighted by atomic mass is 10.1. The highest BCUT2D eigenvalue weighted by Gasteiger charge is 2.20. The maximum Gasteiger partial charge on any atom is 0.0901 e. The smallest absolute Gasteiger partial charge is 0.0901 e. The van der Waals surface area contributed by atoms with Gasteiger partial charge in [-0.2, -0.15) is 0 Å². The lowest BCUT2D eigenvalue weighted by Gasteiger charge is -2.14. The summed E-state index contributed by atoms with van der Waals surface area (Å²) in [5, 5.41) is 6.92. The first kappa shape index (κ1) is 12.7. The molecule has 2 atom stereocenters. The van der Waals surface area contributed by atoms with E-state index in [-0.39, 0.29) is 0 Å². The van der Waals surface area contributed by atoms with Gasteiger partial charge in [0.25, 0.3) is 0 Å². The highest BCUT2D eigenvalue weighted by Crippen LogP contribution is 2.29. The lowest BCUT2D eigenvalue weighted by Crippen LogP contribution is -2.15. The zero-order valence-corrected chi connectivity index (χ0v) is 12.3. The average molecular weight is 272 g/mol. The zero-order valence-electron chi connectivity index (χ0n) is 11.5. The molecule has 1 saturated carbocycles. The van der Waals surface area contributed by atoms with Crippen molar-refractivity contribution in [2.45, 2.75) is 39.2 Å². The molecule has 1 aliphatic carbocycles. The first-order chi connectivity index (χ1) is 9.20. The third kappa shape index (κ3) is 2.98. The van der Waals surface area contributed by atoms with E-state index in [1.54, 1.807) is 11.3 Å². The third-order valence-corrected chi connectivity index (χ3v) is 4.62. The fraction of sp³-hybridized carbons (Fsp3) is 0.438. The van der Waals surface area contributed by atoms with Crippen LogP contribution in [0.3, 0.4) is 0 Å². The Bertz CT molecular complexity index is 561. The first-order valence-corrected chi connectivity index (χ1v) is 7.88. The molecule has 3 heteroatoms. The Morgan fingerprint density at radius 2 is 2.21 bits per heavy atom. The van der Waals surface area contributed by atoms with Crippen molar-refractivity contribution in [2.24, 2.45) is 5.92 Å². The van der Waals surface area contributed by atoms with E-state index < -0.39 is 0 Å². The van der Waals surface area contributed by atoms with Crippen LogP contribution in [0.15, 0.2) is 29.6 Å². The normalized spacial score (nSPS) is 22.6. The number of rotatable bonds is 3. The van der Waals surface area contributed by atoms with Crippen LogP contribution in [0.2, 0.25) is 0 Å². The van der Waals surface area contributed by atoms with Crippen molar-refractivity contribution in [2.75, 3.05) is 5.32 Å². The fourth-order valence-electron chi connectivity index (χ4n) is 2.84. The van der Waals surface area contributed by atoms with Gasteiger partial charge >= 0.3 is 0 Å². The van der Waals surface area contributed by atoms with Crippen molar-refractivity contribution in [1.82, 2.24) is 4.98 Å². The molecule has 0 amide bonds. The lowest BCUT2D eigenvalue weighted by molar-refractivity contribution is 0.602. The van der Waals surface area contributed by atoms with Crippen LogP contribution in [-0.4, -0.2) is 11.0 Å². The number of thiazole rings is 1. The summed E-state index contributed by atoms with van der Waals surface area (Å²) >= 11 is 1.71. The van der Waals surface area contributed by atoms with Gasteiger partial charge in [-0.05, 0) is 44.2 Å². The molecule has 1 heterocycles. The van der Waals surface area contributed by atoms with Gasteiger partial charge in [0.1, 0.15) is 0 Å². The minimum absolute atomic E-state index is 0.641. The summed E-state index contributed by atoms with van der Waals surface area (Å²) in [6.45, 7) is 4.40. The molecule has 0 saturated heterocycles. The van der Waals surface area contributed by atoms with Crippen molar-refractivity contribution >= 4 is 17.0 Å². The Hall–Kier alpha value is -1.35. The molecule has 1 N–H and O–H groups in total. The molecule has 2 nitrogen and oxygen atoms in total. The van der Waals surface area contributed by atoms with Crippen LogP contribution in [0, 0.1) is 12.8 Å². The predicted molar refractivity (Wildman–Crippen MR) is 82.7 cm³/mol. The molecule has 1 aliphatic rings. The zero-order chi connectivity index (χ0) is 13.2. The largest absolute Gasteiger partial charge is 0.382 e. The summed E-state index contributed by atoms with van der Waals surface area (Å²) in [5.41, 5.74) is 3.52. The fourth-order valence-corrected chi connectivity index (χ4v) is 3.46. The Labute approximate surface area is 118 Å². The van der Waals surface area contributed by atoms with Gasteiger partial charge in [-0.3, -0.25) is 0 Å². The number of nitrogens with zero attached hydrogens (tertiary/aromatic N) is 1. The predicted octanol–water partition coefficient (Wildman–Crippen LogP) is 4.72. The highest BCUT2D eigenvalue weighted by molar-refractivity contribution is 7.09. The molecule has 1 aromatic heterocycles. The summed E-state index contributed by atoms with van der Waals surface area (Å²) in [4.78, 5) is 4.56. The van der Waals surface area contributed by atoms with Crippen molar-refractivity contribution in [1.29, 1.82) is 0 Å². The maximum atomic E-state index is 4.56. The minimum Gasteiger partial charge on any atom is -0.382 e. The van der Waals surface area contributed by atoms with E-state index in [1.165, 1.54) is 30.5 Å². The molecule has 0 bridgehead atoms. The second kappa shape index (κ2) is 5.33. The van der Waals surface area contributed by atoms with Gasteiger partial charge in [-0.15, -0.1) is 11.3 Å². The van der Waals surface area contributed by atoms with Crippen LogP contribution in [0.5, 0.6) is 0 Å². The van der Waals surface area contributed by atoms with Gasteiger partial charge in [-0.1, -0.05) is 19.1 Å². The molecule has 1 aromatic carbocycles. The number of hydrogen-bond donors (Lipinski definition) is 1. The number of nitrogens with one attached hydrogen (secondary N) is 1. The van der Waals surface area contributed by atoms with E-state index in [0.29, 0.717) is 6.04 Å². The number of aromatic nitrogens is 1. The Morgan fingerprint density at radius 1 is 1.32 bits per heavy atom. The number of benzene rings is 1. The quantitative estimate of drug-likeness (QED) is 0.874. The average Bonchev–Trinajstić information content (AvgIpc) is 2.99. The van der Waals surface area contributed by atoms with Gasteiger partial charge in [0.05, 0.1) is 10.7 Å². The van der Waals surface area contributed by atoms with E-state index in [2.05, 4.69) is 53.8 Å². The van der Waals surface area contributed by atoms with Crippen molar-refractivity contribution in [3.63, 3.8) is 0 Å². The van der Waals surface area contributed by atoms with Crippen LogP contribution in [0.1, 0.15) is 31.2 Å². The van der Waals surface area contributed by atoms with Gasteiger partial charge in [-0.25, -0.2) is 4.98 Å². The molecule has 0 spiro atoms. The molecule has 100 valence electrons. The standard InChI is InChI=1S/C16H20N2S/c1-11-6-7-15(8-11)18-14-5-3-4-13(9-14)16-10-19-12(2)17-16/h3-5,9-11,15,18H,6-8H2,1-2H3. The van der Waals surface area contributed by atoms with Crippen molar-refractivity contribution in [3.8, 4) is 11.3 Å². The van der Waals surface area contributed by atoms with Crippen LogP contribution in [0.4, 0.5) is 5.69 Å². The van der Waals surface area contributed by atoms with Gasteiger partial charge in [0, 0.05) is 22.7 Å². The molecule has 0 radical (unpaired) electrons. The molecule has 2 aromatic rings. The number of hydrogen-bond acceptors (Lipinski definition) is 3. The molecule has 0 aliphatic heterocycles. The molecule has 2 unspecified atom stereocenters. The van der Waals surface area contributed by atoms with Gasteiger partial charge < -0.3 is 5.32 Å². The van der Waals surface area contributed by atoms with E-state index in [1.807, 2.05) is 0 Å². The third-order valence-electron chi connectivity index (χ3n) is 3.84. The van der Waals surface area contributed by atoms with Gasteiger partial charge in [0.15, 0.2) is 0 Å². The summed E-state index contributed by atoms with van der Waals surface area (Å²) in [6, 6.07) is 9.27. The van der Waals surface area contributed by atoms with Crippen molar-refractivity contribution < 1.29 is 0 Å². The van der Waals surface area contributed by atoms with Crippen LogP contribution in [-0.2, 0) is 0 Å². The minimum atomic E-state index is 0.641.